The van der Waals surface area contributed by atoms with Crippen molar-refractivity contribution in [3.8, 4) is 0 Å². The maximum atomic E-state index is 13.3. The highest BCUT2D eigenvalue weighted by Crippen LogP contribution is 2.31. The number of carbonyl (C=O) groups is 2. The molecule has 1 N–H and O–H groups in total. The molecule has 2 heterocycles. The fourth-order valence-corrected chi connectivity index (χ4v) is 4.05. The minimum absolute atomic E-state index is 0.231. The van der Waals surface area contributed by atoms with Gasteiger partial charge in [0, 0.05) is 31.9 Å². The second-order valence-electron chi connectivity index (χ2n) is 8.13. The number of imide groups is 1. The van der Waals surface area contributed by atoms with Gasteiger partial charge in [-0.15, -0.1) is 0 Å². The van der Waals surface area contributed by atoms with Crippen LogP contribution in [0.3, 0.4) is 0 Å². The molecule has 0 unspecified atom stereocenters. The molecule has 0 radical (unpaired) electrons. The van der Waals surface area contributed by atoms with Gasteiger partial charge in [0.15, 0.2) is 0 Å². The number of amides is 2. The Labute approximate surface area is 183 Å². The van der Waals surface area contributed by atoms with Crippen LogP contribution >= 0.6 is 0 Å². The number of hydrogen-bond donors (Lipinski definition) is 1. The maximum Gasteiger partial charge on any atom is 0.278 e. The standard InChI is InChI=1S/C25H29N3O3/c1-18-9-10-19(2)21(17-18)26-23-22(20-7-4-3-5-8-20)24(29)28(25(23)30)12-6-11-27-13-15-31-16-14-27/h3-5,7-10,17,26H,6,11-16H2,1-2H3. The number of nitrogens with zero attached hydrogens (tertiary/aromatic N) is 2. The predicted molar refractivity (Wildman–Crippen MR) is 121 cm³/mol. The fraction of sp³-hybridized carbons (Fsp3) is 0.360. The molecule has 6 heteroatoms. The van der Waals surface area contributed by atoms with E-state index in [9.17, 15) is 9.59 Å². The molecule has 4 rings (SSSR count). The Morgan fingerprint density at radius 2 is 1.68 bits per heavy atom. The first-order chi connectivity index (χ1) is 15.0. The number of ether oxygens (including phenoxy) is 1. The summed E-state index contributed by atoms with van der Waals surface area (Å²) in [4.78, 5) is 30.4. The van der Waals surface area contributed by atoms with Gasteiger partial charge in [-0.25, -0.2) is 0 Å². The lowest BCUT2D eigenvalue weighted by atomic mass is 10.0. The van der Waals surface area contributed by atoms with E-state index in [1.165, 1.54) is 4.90 Å². The monoisotopic (exact) mass is 419 g/mol. The number of hydrogen-bond acceptors (Lipinski definition) is 5. The zero-order valence-corrected chi connectivity index (χ0v) is 18.2. The van der Waals surface area contributed by atoms with Gasteiger partial charge in [0.1, 0.15) is 5.70 Å². The fourth-order valence-electron chi connectivity index (χ4n) is 4.05. The molecule has 2 amide bonds. The van der Waals surface area contributed by atoms with Gasteiger partial charge in [-0.2, -0.15) is 0 Å². The van der Waals surface area contributed by atoms with Gasteiger partial charge in [0.25, 0.3) is 11.8 Å². The van der Waals surface area contributed by atoms with Gasteiger partial charge >= 0.3 is 0 Å². The molecule has 6 nitrogen and oxygen atoms in total. The molecule has 0 aliphatic carbocycles. The zero-order valence-electron chi connectivity index (χ0n) is 18.2. The largest absolute Gasteiger partial charge is 0.379 e. The second-order valence-corrected chi connectivity index (χ2v) is 8.13. The molecule has 0 spiro atoms. The summed E-state index contributed by atoms with van der Waals surface area (Å²) >= 11 is 0. The van der Waals surface area contributed by atoms with Crippen molar-refractivity contribution in [1.29, 1.82) is 0 Å². The lowest BCUT2D eigenvalue weighted by molar-refractivity contribution is -0.136. The molecule has 2 aromatic rings. The SMILES string of the molecule is Cc1ccc(C)c(NC2=C(c3ccccc3)C(=O)N(CCCN3CCOCC3)C2=O)c1. The maximum absolute atomic E-state index is 13.3. The molecule has 2 aromatic carbocycles. The highest BCUT2D eigenvalue weighted by Gasteiger charge is 2.39. The molecule has 0 atom stereocenters. The first kappa shape index (κ1) is 21.3. The van der Waals surface area contributed by atoms with Crippen LogP contribution in [0.5, 0.6) is 0 Å². The van der Waals surface area contributed by atoms with Crippen molar-refractivity contribution >= 4 is 23.1 Å². The molecule has 162 valence electrons. The van der Waals surface area contributed by atoms with E-state index in [-0.39, 0.29) is 11.8 Å². The van der Waals surface area contributed by atoms with Crippen molar-refractivity contribution in [1.82, 2.24) is 9.80 Å². The van der Waals surface area contributed by atoms with Crippen LogP contribution in [0, 0.1) is 13.8 Å². The van der Waals surface area contributed by atoms with E-state index in [1.54, 1.807) is 0 Å². The van der Waals surface area contributed by atoms with Crippen LogP contribution < -0.4 is 5.32 Å². The topological polar surface area (TPSA) is 61.9 Å². The van der Waals surface area contributed by atoms with E-state index in [0.717, 1.165) is 61.6 Å². The Kier molecular flexibility index (Phi) is 6.49. The van der Waals surface area contributed by atoms with Crippen LogP contribution in [0.25, 0.3) is 5.57 Å². The van der Waals surface area contributed by atoms with Gasteiger partial charge in [-0.1, -0.05) is 42.5 Å². The van der Waals surface area contributed by atoms with Crippen molar-refractivity contribution in [3.05, 3.63) is 70.9 Å². The van der Waals surface area contributed by atoms with Crippen LogP contribution in [-0.4, -0.2) is 61.0 Å². The molecule has 0 aromatic heterocycles. The average Bonchev–Trinajstić information content (AvgIpc) is 3.02. The second kappa shape index (κ2) is 9.45. The number of morpholine rings is 1. The van der Waals surface area contributed by atoms with Crippen molar-refractivity contribution in [2.24, 2.45) is 0 Å². The summed E-state index contributed by atoms with van der Waals surface area (Å²) in [6, 6.07) is 15.5. The molecule has 2 aliphatic heterocycles. The van der Waals surface area contributed by atoms with E-state index >= 15 is 0 Å². The van der Waals surface area contributed by atoms with Crippen LogP contribution in [0.4, 0.5) is 5.69 Å². The number of carbonyl (C=O) groups excluding carboxylic acids is 2. The molecule has 0 saturated carbocycles. The predicted octanol–water partition coefficient (Wildman–Crippen LogP) is 3.22. The van der Waals surface area contributed by atoms with E-state index in [1.807, 2.05) is 62.4 Å². The zero-order chi connectivity index (χ0) is 21.8. The lowest BCUT2D eigenvalue weighted by Crippen LogP contribution is -2.39. The highest BCUT2D eigenvalue weighted by atomic mass is 16.5. The number of nitrogens with one attached hydrogen (secondary N) is 1. The number of anilines is 1. The molecular weight excluding hydrogens is 390 g/mol. The third kappa shape index (κ3) is 4.70. The Morgan fingerprint density at radius 1 is 0.935 bits per heavy atom. The van der Waals surface area contributed by atoms with Gasteiger partial charge in [0.05, 0.1) is 18.8 Å². The van der Waals surface area contributed by atoms with Crippen molar-refractivity contribution in [2.75, 3.05) is 44.7 Å². The first-order valence-electron chi connectivity index (χ1n) is 10.8. The Morgan fingerprint density at radius 3 is 2.42 bits per heavy atom. The van der Waals surface area contributed by atoms with Crippen LogP contribution in [0.2, 0.25) is 0 Å². The normalized spacial score (nSPS) is 17.5. The smallest absolute Gasteiger partial charge is 0.278 e. The highest BCUT2D eigenvalue weighted by molar-refractivity contribution is 6.36. The third-order valence-corrected chi connectivity index (χ3v) is 5.84. The Bertz CT molecular complexity index is 994. The average molecular weight is 420 g/mol. The summed E-state index contributed by atoms with van der Waals surface area (Å²) in [6.45, 7) is 8.53. The molecule has 0 bridgehead atoms. The van der Waals surface area contributed by atoms with Gasteiger partial charge < -0.3 is 10.1 Å². The summed E-state index contributed by atoms with van der Waals surface area (Å²) in [6.07, 6.45) is 0.746. The minimum Gasteiger partial charge on any atom is -0.379 e. The van der Waals surface area contributed by atoms with Crippen molar-refractivity contribution < 1.29 is 14.3 Å². The summed E-state index contributed by atoms with van der Waals surface area (Å²) in [7, 11) is 0. The molecule has 2 aliphatic rings. The summed E-state index contributed by atoms with van der Waals surface area (Å²) < 4.78 is 5.39. The first-order valence-corrected chi connectivity index (χ1v) is 10.8. The minimum atomic E-state index is -0.258. The van der Waals surface area contributed by atoms with Gasteiger partial charge in [0.2, 0.25) is 0 Å². The molecule has 1 fully saturated rings. The Balaban J connectivity index is 1.57. The quantitative estimate of drug-likeness (QED) is 0.699. The molecule has 1 saturated heterocycles. The molecule has 31 heavy (non-hydrogen) atoms. The number of benzene rings is 2. The van der Waals surface area contributed by atoms with Crippen LogP contribution in [0.1, 0.15) is 23.1 Å². The lowest BCUT2D eigenvalue weighted by Gasteiger charge is -2.27. The van der Waals surface area contributed by atoms with Crippen LogP contribution in [-0.2, 0) is 14.3 Å². The van der Waals surface area contributed by atoms with E-state index in [4.69, 9.17) is 4.74 Å². The summed E-state index contributed by atoms with van der Waals surface area (Å²) in [5.74, 6) is -0.488. The van der Waals surface area contributed by atoms with Gasteiger partial charge in [-0.05, 0) is 43.0 Å². The molecular formula is C25H29N3O3. The number of rotatable bonds is 7. The Hall–Kier alpha value is -2.96. The third-order valence-electron chi connectivity index (χ3n) is 5.84. The van der Waals surface area contributed by atoms with Crippen molar-refractivity contribution in [3.63, 3.8) is 0 Å². The summed E-state index contributed by atoms with van der Waals surface area (Å²) in [5, 5.41) is 3.29. The van der Waals surface area contributed by atoms with E-state index < -0.39 is 0 Å². The van der Waals surface area contributed by atoms with E-state index in [0.29, 0.717) is 17.8 Å². The number of aryl methyl sites for hydroxylation is 2. The summed E-state index contributed by atoms with van der Waals surface area (Å²) in [5.41, 5.74) is 4.52. The van der Waals surface area contributed by atoms with Crippen molar-refractivity contribution in [2.45, 2.75) is 20.3 Å². The van der Waals surface area contributed by atoms with E-state index in [2.05, 4.69) is 10.2 Å². The van der Waals surface area contributed by atoms with Crippen LogP contribution in [0.15, 0.2) is 54.2 Å². The van der Waals surface area contributed by atoms with Gasteiger partial charge in [-0.3, -0.25) is 19.4 Å².